The van der Waals surface area contributed by atoms with Gasteiger partial charge in [0.2, 0.25) is 0 Å². The van der Waals surface area contributed by atoms with Crippen molar-refractivity contribution in [1.29, 1.82) is 0 Å². The first-order valence-electron chi connectivity index (χ1n) is 6.59. The molecular weight excluding hydrogens is 286 g/mol. The van der Waals surface area contributed by atoms with E-state index in [1.165, 1.54) is 11.3 Å². The SMILES string of the molecule is CN1C(=S)C(C)(C)N=C1SCc1ccccc1N(C)C. The number of hydrogen-bond donors (Lipinski definition) is 0. The summed E-state index contributed by atoms with van der Waals surface area (Å²) in [6, 6.07) is 8.46. The molecule has 5 heteroatoms. The van der Waals surface area contributed by atoms with Gasteiger partial charge in [0.15, 0.2) is 5.17 Å². The Bertz CT molecular complexity index is 550. The Balaban J connectivity index is 2.13. The van der Waals surface area contributed by atoms with Gasteiger partial charge in [0.1, 0.15) is 10.5 Å². The number of anilines is 1. The van der Waals surface area contributed by atoms with E-state index in [2.05, 4.69) is 57.1 Å². The van der Waals surface area contributed by atoms with Crippen molar-refractivity contribution in [1.82, 2.24) is 4.90 Å². The maximum Gasteiger partial charge on any atom is 0.165 e. The first-order chi connectivity index (χ1) is 9.33. The predicted octanol–water partition coefficient (Wildman–Crippen LogP) is 3.39. The Labute approximate surface area is 131 Å². The van der Waals surface area contributed by atoms with Crippen LogP contribution < -0.4 is 4.90 Å². The number of hydrogen-bond acceptors (Lipinski definition) is 4. The van der Waals surface area contributed by atoms with Crippen LogP contribution in [0.15, 0.2) is 29.3 Å². The Kier molecular flexibility index (Phi) is 4.39. The van der Waals surface area contributed by atoms with Crippen LogP contribution in [-0.4, -0.2) is 41.7 Å². The van der Waals surface area contributed by atoms with Gasteiger partial charge in [-0.15, -0.1) is 0 Å². The van der Waals surface area contributed by atoms with Crippen LogP contribution in [0, 0.1) is 0 Å². The lowest BCUT2D eigenvalue weighted by Gasteiger charge is -2.19. The molecule has 2 rings (SSSR count). The smallest absolute Gasteiger partial charge is 0.165 e. The zero-order valence-corrected chi connectivity index (χ0v) is 14.3. The second kappa shape index (κ2) is 5.74. The van der Waals surface area contributed by atoms with Gasteiger partial charge in [0.05, 0.1) is 0 Å². The van der Waals surface area contributed by atoms with E-state index in [1.54, 1.807) is 11.8 Å². The summed E-state index contributed by atoms with van der Waals surface area (Å²) < 4.78 is 0. The van der Waals surface area contributed by atoms with Gasteiger partial charge in [-0.25, -0.2) is 4.99 Å². The largest absolute Gasteiger partial charge is 0.377 e. The van der Waals surface area contributed by atoms with Gasteiger partial charge < -0.3 is 9.80 Å². The molecule has 0 fully saturated rings. The normalized spacial score (nSPS) is 17.4. The molecule has 1 heterocycles. The highest BCUT2D eigenvalue weighted by Gasteiger charge is 2.35. The Morgan fingerprint density at radius 3 is 2.50 bits per heavy atom. The molecule has 0 radical (unpaired) electrons. The highest BCUT2D eigenvalue weighted by atomic mass is 32.2. The van der Waals surface area contributed by atoms with Crippen LogP contribution in [0.3, 0.4) is 0 Å². The molecule has 0 atom stereocenters. The zero-order chi connectivity index (χ0) is 14.9. The van der Waals surface area contributed by atoms with E-state index >= 15 is 0 Å². The maximum absolute atomic E-state index is 5.44. The van der Waals surface area contributed by atoms with Crippen molar-refractivity contribution in [2.75, 3.05) is 26.0 Å². The number of benzene rings is 1. The third kappa shape index (κ3) is 2.99. The summed E-state index contributed by atoms with van der Waals surface area (Å²) in [5.74, 6) is 0.899. The second-order valence-corrected chi connectivity index (χ2v) is 6.96. The lowest BCUT2D eigenvalue weighted by molar-refractivity contribution is 0.685. The molecule has 0 saturated heterocycles. The minimum absolute atomic E-state index is 0.256. The Morgan fingerprint density at radius 2 is 1.95 bits per heavy atom. The van der Waals surface area contributed by atoms with Gasteiger partial charge in [-0.3, -0.25) is 0 Å². The first-order valence-corrected chi connectivity index (χ1v) is 7.98. The molecule has 0 saturated carbocycles. The summed E-state index contributed by atoms with van der Waals surface area (Å²) in [4.78, 5) is 9.78. The van der Waals surface area contributed by atoms with E-state index < -0.39 is 0 Å². The van der Waals surface area contributed by atoms with E-state index in [0.717, 1.165) is 15.9 Å². The lowest BCUT2D eigenvalue weighted by atomic mass is 10.1. The van der Waals surface area contributed by atoms with E-state index in [9.17, 15) is 0 Å². The molecule has 0 N–H and O–H groups in total. The molecule has 3 nitrogen and oxygen atoms in total. The van der Waals surface area contributed by atoms with Gasteiger partial charge in [0, 0.05) is 32.6 Å². The molecule has 0 amide bonds. The number of nitrogens with zero attached hydrogens (tertiary/aromatic N) is 3. The molecule has 1 aliphatic heterocycles. The van der Waals surface area contributed by atoms with Gasteiger partial charge >= 0.3 is 0 Å². The molecule has 0 aliphatic carbocycles. The van der Waals surface area contributed by atoms with E-state index in [1.807, 2.05) is 11.9 Å². The molecule has 0 spiro atoms. The summed E-state index contributed by atoms with van der Waals surface area (Å²) in [5, 5.41) is 1.01. The lowest BCUT2D eigenvalue weighted by Crippen LogP contribution is -2.33. The number of para-hydroxylation sites is 1. The topological polar surface area (TPSA) is 18.8 Å². The van der Waals surface area contributed by atoms with Crippen molar-refractivity contribution in [3.63, 3.8) is 0 Å². The van der Waals surface area contributed by atoms with Gasteiger partial charge in [-0.2, -0.15) is 0 Å². The zero-order valence-electron chi connectivity index (χ0n) is 12.7. The standard InChI is InChI=1S/C15H21N3S2/c1-15(2)13(19)18(5)14(16-15)20-10-11-8-6-7-9-12(11)17(3)4/h6-9H,10H2,1-5H3. The molecule has 1 aromatic carbocycles. The van der Waals surface area contributed by atoms with Crippen molar-refractivity contribution >= 4 is 39.8 Å². The van der Waals surface area contributed by atoms with Gasteiger partial charge in [0.25, 0.3) is 0 Å². The first kappa shape index (κ1) is 15.3. The average Bonchev–Trinajstić information content (AvgIpc) is 2.60. The van der Waals surface area contributed by atoms with Crippen LogP contribution >= 0.6 is 24.0 Å². The quantitative estimate of drug-likeness (QED) is 0.797. The molecule has 108 valence electrons. The number of rotatable bonds is 3. The highest BCUT2D eigenvalue weighted by molar-refractivity contribution is 8.13. The molecule has 1 aliphatic rings. The molecule has 0 aromatic heterocycles. The number of likely N-dealkylation sites (N-methyl/N-ethyl adjacent to an activating group) is 1. The Hall–Kier alpha value is -1.07. The van der Waals surface area contributed by atoms with Crippen molar-refractivity contribution in [3.8, 4) is 0 Å². The molecule has 0 bridgehead atoms. The fraction of sp³-hybridized carbons (Fsp3) is 0.467. The van der Waals surface area contributed by atoms with E-state index in [0.29, 0.717) is 0 Å². The fourth-order valence-corrected chi connectivity index (χ4v) is 3.50. The third-order valence-corrected chi connectivity index (χ3v) is 5.17. The number of amidine groups is 1. The van der Waals surface area contributed by atoms with Crippen LogP contribution in [0.2, 0.25) is 0 Å². The highest BCUT2D eigenvalue weighted by Crippen LogP contribution is 2.30. The second-order valence-electron chi connectivity index (χ2n) is 5.63. The van der Waals surface area contributed by atoms with Crippen LogP contribution in [-0.2, 0) is 5.75 Å². The van der Waals surface area contributed by atoms with Crippen molar-refractivity contribution in [2.24, 2.45) is 4.99 Å². The number of thioether (sulfide) groups is 1. The number of thiocarbonyl (C=S) groups is 1. The average molecular weight is 307 g/mol. The van der Waals surface area contributed by atoms with E-state index in [-0.39, 0.29) is 5.54 Å². The summed E-state index contributed by atoms with van der Waals surface area (Å²) in [6.45, 7) is 4.13. The van der Waals surface area contributed by atoms with Crippen molar-refractivity contribution in [3.05, 3.63) is 29.8 Å². The minimum Gasteiger partial charge on any atom is -0.377 e. The van der Waals surface area contributed by atoms with Crippen molar-refractivity contribution < 1.29 is 0 Å². The maximum atomic E-state index is 5.44. The monoisotopic (exact) mass is 307 g/mol. The molecular formula is C15H21N3S2. The molecule has 20 heavy (non-hydrogen) atoms. The van der Waals surface area contributed by atoms with Crippen LogP contribution in [0.4, 0.5) is 5.69 Å². The summed E-state index contributed by atoms with van der Waals surface area (Å²) in [6.07, 6.45) is 0. The molecule has 1 aromatic rings. The number of aliphatic imine (C=N–C) groups is 1. The summed E-state index contributed by atoms with van der Waals surface area (Å²) in [7, 11) is 6.14. The predicted molar refractivity (Wildman–Crippen MR) is 93.9 cm³/mol. The van der Waals surface area contributed by atoms with E-state index in [4.69, 9.17) is 17.2 Å². The van der Waals surface area contributed by atoms with Gasteiger partial charge in [-0.05, 0) is 25.5 Å². The third-order valence-electron chi connectivity index (χ3n) is 3.32. The van der Waals surface area contributed by atoms with Crippen molar-refractivity contribution in [2.45, 2.75) is 25.1 Å². The Morgan fingerprint density at radius 1 is 1.30 bits per heavy atom. The molecule has 0 unspecified atom stereocenters. The van der Waals surface area contributed by atoms with Crippen LogP contribution in [0.5, 0.6) is 0 Å². The summed E-state index contributed by atoms with van der Waals surface area (Å²) in [5.41, 5.74) is 2.31. The minimum atomic E-state index is -0.256. The summed E-state index contributed by atoms with van der Waals surface area (Å²) >= 11 is 7.19. The van der Waals surface area contributed by atoms with Gasteiger partial charge in [-0.1, -0.05) is 42.2 Å². The fourth-order valence-electron chi connectivity index (χ4n) is 2.20. The van der Waals surface area contributed by atoms with Crippen LogP contribution in [0.1, 0.15) is 19.4 Å². The van der Waals surface area contributed by atoms with Crippen LogP contribution in [0.25, 0.3) is 0 Å².